The Morgan fingerprint density at radius 1 is 1.62 bits per heavy atom. The lowest BCUT2D eigenvalue weighted by atomic mass is 10.2. The van der Waals surface area contributed by atoms with E-state index in [-0.39, 0.29) is 18.0 Å². The molecule has 0 saturated carbocycles. The zero-order valence-electron chi connectivity index (χ0n) is 8.79. The quantitative estimate of drug-likeness (QED) is 0.651. The Bertz CT molecular complexity index is 178. The molecule has 0 aliphatic heterocycles. The lowest BCUT2D eigenvalue weighted by Gasteiger charge is -2.27. The minimum absolute atomic E-state index is 0.0115. The lowest BCUT2D eigenvalue weighted by Crippen LogP contribution is -2.46. The third kappa shape index (κ3) is 3.59. The van der Waals surface area contributed by atoms with Crippen molar-refractivity contribution in [1.29, 1.82) is 0 Å². The van der Waals surface area contributed by atoms with E-state index in [2.05, 4.69) is 6.58 Å². The third-order valence-corrected chi connectivity index (χ3v) is 1.99. The Kier molecular flexibility index (Phi) is 5.39. The molecule has 0 fully saturated rings. The predicted molar refractivity (Wildman–Crippen MR) is 55.3 cm³/mol. The number of rotatable bonds is 5. The van der Waals surface area contributed by atoms with E-state index in [0.29, 0.717) is 13.0 Å². The first-order valence-electron chi connectivity index (χ1n) is 4.71. The van der Waals surface area contributed by atoms with Crippen LogP contribution in [0.2, 0.25) is 0 Å². The zero-order valence-corrected chi connectivity index (χ0v) is 8.79. The number of carbonyl (C=O) groups is 1. The van der Waals surface area contributed by atoms with Crippen molar-refractivity contribution in [2.24, 2.45) is 5.73 Å². The van der Waals surface area contributed by atoms with Gasteiger partial charge in [0.1, 0.15) is 0 Å². The van der Waals surface area contributed by atoms with Gasteiger partial charge in [0.25, 0.3) is 0 Å². The first-order chi connectivity index (χ1) is 6.04. The molecule has 0 aliphatic carbocycles. The van der Waals surface area contributed by atoms with Crippen LogP contribution >= 0.6 is 0 Å². The van der Waals surface area contributed by atoms with Crippen LogP contribution in [0.4, 0.5) is 0 Å². The summed E-state index contributed by atoms with van der Waals surface area (Å²) in [6.07, 6.45) is 2.40. The van der Waals surface area contributed by atoms with Gasteiger partial charge in [0.05, 0.1) is 6.04 Å². The Labute approximate surface area is 80.6 Å². The standard InChI is InChI=1S/C10H20N2O/c1-5-7-12(8(3)4)10(13)9(11)6-2/h5,8-9H,1,6-7,11H2,2-4H3. The second kappa shape index (κ2) is 5.75. The van der Waals surface area contributed by atoms with E-state index in [0.717, 1.165) is 0 Å². The Morgan fingerprint density at radius 2 is 2.15 bits per heavy atom. The molecule has 0 aromatic heterocycles. The number of hydrogen-bond acceptors (Lipinski definition) is 2. The highest BCUT2D eigenvalue weighted by atomic mass is 16.2. The highest BCUT2D eigenvalue weighted by Crippen LogP contribution is 2.02. The smallest absolute Gasteiger partial charge is 0.239 e. The molecule has 0 saturated heterocycles. The molecule has 0 aromatic rings. The van der Waals surface area contributed by atoms with E-state index in [9.17, 15) is 4.79 Å². The van der Waals surface area contributed by atoms with Crippen LogP contribution in [0.15, 0.2) is 12.7 Å². The zero-order chi connectivity index (χ0) is 10.4. The molecule has 0 rings (SSSR count). The number of nitrogens with two attached hydrogens (primary N) is 1. The number of amides is 1. The molecule has 76 valence electrons. The summed E-state index contributed by atoms with van der Waals surface area (Å²) in [4.78, 5) is 13.4. The van der Waals surface area contributed by atoms with Crippen LogP contribution in [0.5, 0.6) is 0 Å². The first-order valence-corrected chi connectivity index (χ1v) is 4.71. The highest BCUT2D eigenvalue weighted by molar-refractivity contribution is 5.81. The molecule has 0 radical (unpaired) electrons. The second-order valence-corrected chi connectivity index (χ2v) is 3.39. The van der Waals surface area contributed by atoms with E-state index < -0.39 is 0 Å². The maximum absolute atomic E-state index is 11.7. The van der Waals surface area contributed by atoms with E-state index in [1.54, 1.807) is 11.0 Å². The van der Waals surface area contributed by atoms with Gasteiger partial charge in [-0.15, -0.1) is 6.58 Å². The fraction of sp³-hybridized carbons (Fsp3) is 0.700. The molecule has 3 heteroatoms. The largest absolute Gasteiger partial charge is 0.335 e. The molecule has 1 atom stereocenters. The molecule has 13 heavy (non-hydrogen) atoms. The van der Waals surface area contributed by atoms with Gasteiger partial charge in [-0.3, -0.25) is 4.79 Å². The van der Waals surface area contributed by atoms with Gasteiger partial charge in [0.15, 0.2) is 0 Å². The second-order valence-electron chi connectivity index (χ2n) is 3.39. The van der Waals surface area contributed by atoms with Crippen molar-refractivity contribution in [2.75, 3.05) is 6.54 Å². The number of hydrogen-bond donors (Lipinski definition) is 1. The van der Waals surface area contributed by atoms with Crippen LogP contribution in [-0.2, 0) is 4.79 Å². The van der Waals surface area contributed by atoms with Crippen molar-refractivity contribution >= 4 is 5.91 Å². The molecule has 0 aromatic carbocycles. The van der Waals surface area contributed by atoms with Crippen molar-refractivity contribution in [3.8, 4) is 0 Å². The fourth-order valence-corrected chi connectivity index (χ4v) is 1.08. The highest BCUT2D eigenvalue weighted by Gasteiger charge is 2.20. The predicted octanol–water partition coefficient (Wildman–Crippen LogP) is 1.15. The summed E-state index contributed by atoms with van der Waals surface area (Å²) < 4.78 is 0. The van der Waals surface area contributed by atoms with Crippen LogP contribution < -0.4 is 5.73 Å². The molecule has 1 amide bonds. The van der Waals surface area contributed by atoms with Crippen molar-refractivity contribution in [3.05, 3.63) is 12.7 Å². The van der Waals surface area contributed by atoms with Crippen molar-refractivity contribution in [1.82, 2.24) is 4.90 Å². The molecular formula is C10H20N2O. The van der Waals surface area contributed by atoms with Gasteiger partial charge < -0.3 is 10.6 Å². The van der Waals surface area contributed by atoms with Gasteiger partial charge >= 0.3 is 0 Å². The van der Waals surface area contributed by atoms with Crippen molar-refractivity contribution < 1.29 is 4.79 Å². The van der Waals surface area contributed by atoms with Gasteiger partial charge in [0, 0.05) is 12.6 Å². The summed E-state index contributed by atoms with van der Waals surface area (Å²) in [5.41, 5.74) is 5.66. The molecule has 2 N–H and O–H groups in total. The summed E-state index contributed by atoms with van der Waals surface area (Å²) in [5.74, 6) is 0.0115. The Balaban J connectivity index is 4.35. The van der Waals surface area contributed by atoms with Gasteiger partial charge in [0.2, 0.25) is 5.91 Å². The maximum Gasteiger partial charge on any atom is 0.239 e. The molecular weight excluding hydrogens is 164 g/mol. The normalized spacial score (nSPS) is 12.7. The summed E-state index contributed by atoms with van der Waals surface area (Å²) in [6.45, 7) is 10.1. The van der Waals surface area contributed by atoms with E-state index in [4.69, 9.17) is 5.73 Å². The topological polar surface area (TPSA) is 46.3 Å². The Hall–Kier alpha value is -0.830. The van der Waals surface area contributed by atoms with Crippen LogP contribution in [-0.4, -0.2) is 29.4 Å². The number of carbonyl (C=O) groups excluding carboxylic acids is 1. The molecule has 0 bridgehead atoms. The van der Waals surface area contributed by atoms with E-state index >= 15 is 0 Å². The van der Waals surface area contributed by atoms with Crippen LogP contribution in [0.25, 0.3) is 0 Å². The Morgan fingerprint density at radius 3 is 2.46 bits per heavy atom. The average Bonchev–Trinajstić information content (AvgIpc) is 2.11. The molecule has 1 unspecified atom stereocenters. The van der Waals surface area contributed by atoms with Crippen molar-refractivity contribution in [2.45, 2.75) is 39.3 Å². The molecule has 0 aliphatic rings. The van der Waals surface area contributed by atoms with E-state index in [1.807, 2.05) is 20.8 Å². The third-order valence-electron chi connectivity index (χ3n) is 1.99. The summed E-state index contributed by atoms with van der Waals surface area (Å²) in [6, 6.07) is -0.189. The van der Waals surface area contributed by atoms with Gasteiger partial charge in [-0.1, -0.05) is 13.0 Å². The molecule has 0 heterocycles. The van der Waals surface area contributed by atoms with E-state index in [1.165, 1.54) is 0 Å². The monoisotopic (exact) mass is 184 g/mol. The maximum atomic E-state index is 11.7. The molecule has 0 spiro atoms. The van der Waals surface area contributed by atoms with Gasteiger partial charge in [-0.25, -0.2) is 0 Å². The van der Waals surface area contributed by atoms with Crippen LogP contribution in [0.1, 0.15) is 27.2 Å². The van der Waals surface area contributed by atoms with Crippen molar-refractivity contribution in [3.63, 3.8) is 0 Å². The van der Waals surface area contributed by atoms with Gasteiger partial charge in [-0.2, -0.15) is 0 Å². The van der Waals surface area contributed by atoms with Gasteiger partial charge in [-0.05, 0) is 20.3 Å². The summed E-state index contributed by atoms with van der Waals surface area (Å²) in [7, 11) is 0. The number of nitrogens with zero attached hydrogens (tertiary/aromatic N) is 1. The van der Waals surface area contributed by atoms with Crippen LogP contribution in [0, 0.1) is 0 Å². The molecule has 3 nitrogen and oxygen atoms in total. The van der Waals surface area contributed by atoms with Crippen LogP contribution in [0.3, 0.4) is 0 Å². The SMILES string of the molecule is C=CCN(C(=O)C(N)CC)C(C)C. The minimum atomic E-state index is -0.373. The summed E-state index contributed by atoms with van der Waals surface area (Å²) >= 11 is 0. The fourth-order valence-electron chi connectivity index (χ4n) is 1.08. The first kappa shape index (κ1) is 12.2. The summed E-state index contributed by atoms with van der Waals surface area (Å²) in [5, 5.41) is 0. The average molecular weight is 184 g/mol. The lowest BCUT2D eigenvalue weighted by molar-refractivity contribution is -0.133. The minimum Gasteiger partial charge on any atom is -0.335 e.